The summed E-state index contributed by atoms with van der Waals surface area (Å²) in [4.78, 5) is 12.3. The highest BCUT2D eigenvalue weighted by Gasteiger charge is 2.17. The third-order valence-corrected chi connectivity index (χ3v) is 5.17. The number of rotatable bonds is 5. The Balaban J connectivity index is 1.54. The summed E-state index contributed by atoms with van der Waals surface area (Å²) >= 11 is 5.02. The molecule has 3 rings (SSSR count). The van der Waals surface area contributed by atoms with Gasteiger partial charge in [-0.3, -0.25) is 4.79 Å². The van der Waals surface area contributed by atoms with E-state index in [-0.39, 0.29) is 18.0 Å². The van der Waals surface area contributed by atoms with Crippen LogP contribution in [0.25, 0.3) is 0 Å². The van der Waals surface area contributed by atoms with E-state index in [1.807, 2.05) is 25.1 Å². The highest BCUT2D eigenvalue weighted by atomic mass is 79.9. The average molecular weight is 394 g/mol. The second-order valence-electron chi connectivity index (χ2n) is 5.14. The molecule has 0 unspecified atom stereocenters. The van der Waals surface area contributed by atoms with Crippen molar-refractivity contribution in [1.82, 2.24) is 0 Å². The zero-order chi connectivity index (χ0) is 16.2. The topological polar surface area (TPSA) is 47.6 Å². The first-order valence-corrected chi connectivity index (χ1v) is 9.02. The number of halogens is 1. The summed E-state index contributed by atoms with van der Waals surface area (Å²) in [7, 11) is 0. The number of fused-ring (bicyclic) bond motifs is 1. The number of nitrogens with one attached hydrogen (secondary N) is 1. The fourth-order valence-electron chi connectivity index (χ4n) is 2.10. The van der Waals surface area contributed by atoms with E-state index < -0.39 is 0 Å². The van der Waals surface area contributed by atoms with Crippen LogP contribution in [0.15, 0.2) is 46.9 Å². The standard InChI is InChI=1S/C17H16BrNO3S/c1-11(23-9-12-2-4-13(18)5-3-12)17(20)19-14-6-7-15-16(8-14)22-10-21-15/h2-8,11H,9-10H2,1H3,(H,19,20)/t11-/m0/s1. The van der Waals surface area contributed by atoms with Gasteiger partial charge in [0.1, 0.15) is 0 Å². The van der Waals surface area contributed by atoms with Crippen molar-refractivity contribution in [3.8, 4) is 11.5 Å². The Morgan fingerprint density at radius 1 is 1.22 bits per heavy atom. The smallest absolute Gasteiger partial charge is 0.237 e. The number of anilines is 1. The molecule has 4 nitrogen and oxygen atoms in total. The number of hydrogen-bond donors (Lipinski definition) is 1. The van der Waals surface area contributed by atoms with E-state index >= 15 is 0 Å². The predicted molar refractivity (Wildman–Crippen MR) is 96.1 cm³/mol. The van der Waals surface area contributed by atoms with Crippen LogP contribution in [0, 0.1) is 0 Å². The maximum atomic E-state index is 12.3. The molecule has 1 heterocycles. The lowest BCUT2D eigenvalue weighted by molar-refractivity contribution is -0.115. The van der Waals surface area contributed by atoms with Crippen molar-refractivity contribution in [3.05, 3.63) is 52.5 Å². The van der Waals surface area contributed by atoms with Crippen LogP contribution in [0.1, 0.15) is 12.5 Å². The summed E-state index contributed by atoms with van der Waals surface area (Å²) in [5.41, 5.74) is 1.91. The van der Waals surface area contributed by atoms with Crippen molar-refractivity contribution >= 4 is 39.3 Å². The molecule has 6 heteroatoms. The van der Waals surface area contributed by atoms with Gasteiger partial charge in [-0.25, -0.2) is 0 Å². The molecule has 0 fully saturated rings. The molecule has 0 aromatic heterocycles. The molecule has 0 spiro atoms. The van der Waals surface area contributed by atoms with Gasteiger partial charge in [-0.05, 0) is 36.8 Å². The first-order valence-electron chi connectivity index (χ1n) is 7.18. The van der Waals surface area contributed by atoms with Crippen molar-refractivity contribution in [1.29, 1.82) is 0 Å². The molecule has 23 heavy (non-hydrogen) atoms. The molecule has 0 saturated heterocycles. The SMILES string of the molecule is C[C@H](SCc1ccc(Br)cc1)C(=O)Nc1ccc2c(c1)OCO2. The van der Waals surface area contributed by atoms with Gasteiger partial charge in [-0.1, -0.05) is 28.1 Å². The Hall–Kier alpha value is -1.66. The zero-order valence-electron chi connectivity index (χ0n) is 12.5. The van der Waals surface area contributed by atoms with Crippen LogP contribution in [0.2, 0.25) is 0 Å². The number of hydrogen-bond acceptors (Lipinski definition) is 4. The van der Waals surface area contributed by atoms with Gasteiger partial charge in [-0.15, -0.1) is 11.8 Å². The van der Waals surface area contributed by atoms with Crippen LogP contribution >= 0.6 is 27.7 Å². The van der Waals surface area contributed by atoms with Gasteiger partial charge in [0.05, 0.1) is 5.25 Å². The minimum absolute atomic E-state index is 0.0222. The Bertz CT molecular complexity index is 705. The maximum absolute atomic E-state index is 12.3. The molecule has 0 bridgehead atoms. The minimum Gasteiger partial charge on any atom is -0.454 e. The summed E-state index contributed by atoms with van der Waals surface area (Å²) in [6, 6.07) is 13.5. The van der Waals surface area contributed by atoms with Gasteiger partial charge < -0.3 is 14.8 Å². The second kappa shape index (κ2) is 7.27. The lowest BCUT2D eigenvalue weighted by atomic mass is 10.2. The van der Waals surface area contributed by atoms with Crippen molar-refractivity contribution in [2.45, 2.75) is 17.9 Å². The molecule has 0 saturated carbocycles. The minimum atomic E-state index is -0.149. The number of amides is 1. The molecular weight excluding hydrogens is 378 g/mol. The van der Waals surface area contributed by atoms with Gasteiger partial charge in [0, 0.05) is 22.0 Å². The van der Waals surface area contributed by atoms with Crippen molar-refractivity contribution < 1.29 is 14.3 Å². The summed E-state index contributed by atoms with van der Waals surface area (Å²) < 4.78 is 11.6. The van der Waals surface area contributed by atoms with Gasteiger partial charge in [0.2, 0.25) is 12.7 Å². The highest BCUT2D eigenvalue weighted by Crippen LogP contribution is 2.34. The van der Waals surface area contributed by atoms with Gasteiger partial charge in [0.25, 0.3) is 0 Å². The van der Waals surface area contributed by atoms with Crippen LogP contribution in [0.5, 0.6) is 11.5 Å². The van der Waals surface area contributed by atoms with E-state index in [1.165, 1.54) is 5.56 Å². The molecular formula is C17H16BrNO3S. The zero-order valence-corrected chi connectivity index (χ0v) is 14.9. The van der Waals surface area contributed by atoms with E-state index in [1.54, 1.807) is 23.9 Å². The first-order chi connectivity index (χ1) is 11.1. The molecule has 1 N–H and O–H groups in total. The quantitative estimate of drug-likeness (QED) is 0.815. The molecule has 2 aromatic carbocycles. The first kappa shape index (κ1) is 16.2. The molecule has 120 valence electrons. The number of ether oxygens (including phenoxy) is 2. The molecule has 1 aliphatic heterocycles. The van der Waals surface area contributed by atoms with E-state index in [0.717, 1.165) is 15.9 Å². The van der Waals surface area contributed by atoms with E-state index in [4.69, 9.17) is 9.47 Å². The van der Waals surface area contributed by atoms with Gasteiger partial charge in [-0.2, -0.15) is 0 Å². The van der Waals surface area contributed by atoms with Crippen molar-refractivity contribution in [2.24, 2.45) is 0 Å². The Morgan fingerprint density at radius 2 is 1.96 bits per heavy atom. The molecule has 0 aliphatic carbocycles. The monoisotopic (exact) mass is 393 g/mol. The maximum Gasteiger partial charge on any atom is 0.237 e. The van der Waals surface area contributed by atoms with Crippen LogP contribution in [-0.4, -0.2) is 18.0 Å². The fraction of sp³-hybridized carbons (Fsp3) is 0.235. The fourth-order valence-corrected chi connectivity index (χ4v) is 3.21. The summed E-state index contributed by atoms with van der Waals surface area (Å²) in [6.07, 6.45) is 0. The molecule has 1 atom stereocenters. The number of thioether (sulfide) groups is 1. The van der Waals surface area contributed by atoms with Gasteiger partial charge >= 0.3 is 0 Å². The summed E-state index contributed by atoms with van der Waals surface area (Å²) in [5.74, 6) is 2.15. The number of benzene rings is 2. The van der Waals surface area contributed by atoms with Crippen LogP contribution in [0.4, 0.5) is 5.69 Å². The Morgan fingerprint density at radius 3 is 2.74 bits per heavy atom. The molecule has 1 aliphatic rings. The summed E-state index contributed by atoms with van der Waals surface area (Å²) in [6.45, 7) is 2.14. The second-order valence-corrected chi connectivity index (χ2v) is 7.38. The molecule has 1 amide bonds. The third kappa shape index (κ3) is 4.20. The lowest BCUT2D eigenvalue weighted by Gasteiger charge is -2.12. The van der Waals surface area contributed by atoms with Crippen LogP contribution in [-0.2, 0) is 10.5 Å². The van der Waals surface area contributed by atoms with Crippen molar-refractivity contribution in [3.63, 3.8) is 0 Å². The van der Waals surface area contributed by atoms with Crippen LogP contribution in [0.3, 0.4) is 0 Å². The van der Waals surface area contributed by atoms with Gasteiger partial charge in [0.15, 0.2) is 11.5 Å². The van der Waals surface area contributed by atoms with Crippen LogP contribution < -0.4 is 14.8 Å². The Kier molecular flexibility index (Phi) is 5.13. The Labute approximate surface area is 147 Å². The predicted octanol–water partition coefficient (Wildman–Crippen LogP) is 4.44. The number of carbonyl (C=O) groups is 1. The third-order valence-electron chi connectivity index (χ3n) is 3.42. The van der Waals surface area contributed by atoms with E-state index in [9.17, 15) is 4.79 Å². The molecule has 0 radical (unpaired) electrons. The highest BCUT2D eigenvalue weighted by molar-refractivity contribution is 9.10. The summed E-state index contributed by atoms with van der Waals surface area (Å²) in [5, 5.41) is 2.76. The lowest BCUT2D eigenvalue weighted by Crippen LogP contribution is -2.22. The normalized spacial score (nSPS) is 13.7. The van der Waals surface area contributed by atoms with E-state index in [2.05, 4.69) is 33.4 Å². The number of carbonyl (C=O) groups excluding carboxylic acids is 1. The average Bonchev–Trinajstić information content (AvgIpc) is 3.01. The molecule has 2 aromatic rings. The largest absolute Gasteiger partial charge is 0.454 e. The van der Waals surface area contributed by atoms with E-state index in [0.29, 0.717) is 11.5 Å². The van der Waals surface area contributed by atoms with Crippen molar-refractivity contribution in [2.75, 3.05) is 12.1 Å².